The first-order valence-electron chi connectivity index (χ1n) is 5.41. The van der Waals surface area contributed by atoms with Gasteiger partial charge in [0.2, 0.25) is 0 Å². The summed E-state index contributed by atoms with van der Waals surface area (Å²) >= 11 is 0. The second-order valence-corrected chi connectivity index (χ2v) is 3.97. The average molecular weight is 211 g/mol. The van der Waals surface area contributed by atoms with Crippen molar-refractivity contribution in [3.05, 3.63) is 23.7 Å². The van der Waals surface area contributed by atoms with Crippen LogP contribution < -0.4 is 5.32 Å². The van der Waals surface area contributed by atoms with E-state index in [1.54, 1.807) is 7.11 Å². The van der Waals surface area contributed by atoms with Crippen LogP contribution in [0.25, 0.3) is 0 Å². The molecule has 0 saturated carbocycles. The minimum Gasteiger partial charge on any atom is -0.465 e. The topological polar surface area (TPSA) is 34.4 Å². The van der Waals surface area contributed by atoms with Crippen LogP contribution in [0.5, 0.6) is 0 Å². The number of hydrogen-bond acceptors (Lipinski definition) is 3. The average Bonchev–Trinajstić information content (AvgIpc) is 2.63. The lowest BCUT2D eigenvalue weighted by molar-refractivity contribution is 0.167. The summed E-state index contributed by atoms with van der Waals surface area (Å²) in [6, 6.07) is 4.32. The zero-order valence-electron chi connectivity index (χ0n) is 10.0. The molecule has 0 aliphatic heterocycles. The van der Waals surface area contributed by atoms with Gasteiger partial charge in [-0.3, -0.25) is 0 Å². The van der Waals surface area contributed by atoms with E-state index in [1.165, 1.54) is 0 Å². The fourth-order valence-electron chi connectivity index (χ4n) is 1.80. The highest BCUT2D eigenvalue weighted by atomic mass is 16.5. The Kier molecular flexibility index (Phi) is 4.85. The second kappa shape index (κ2) is 5.93. The molecule has 2 unspecified atom stereocenters. The summed E-state index contributed by atoms with van der Waals surface area (Å²) in [5.74, 6) is 2.48. The smallest absolute Gasteiger partial charge is 0.121 e. The van der Waals surface area contributed by atoms with Crippen molar-refractivity contribution in [3.63, 3.8) is 0 Å². The Balaban J connectivity index is 2.62. The predicted octanol–water partition coefficient (Wildman–Crippen LogP) is 2.52. The SMILES string of the molecule is CNC(c1ccc(C)o1)C(C)CCOC. The van der Waals surface area contributed by atoms with Gasteiger partial charge in [-0.1, -0.05) is 6.92 Å². The Hall–Kier alpha value is -0.800. The van der Waals surface area contributed by atoms with Gasteiger partial charge >= 0.3 is 0 Å². The van der Waals surface area contributed by atoms with E-state index in [4.69, 9.17) is 9.15 Å². The predicted molar refractivity (Wildman–Crippen MR) is 60.9 cm³/mol. The maximum absolute atomic E-state index is 5.63. The van der Waals surface area contributed by atoms with E-state index in [9.17, 15) is 0 Å². The van der Waals surface area contributed by atoms with E-state index in [1.807, 2.05) is 26.1 Å². The molecule has 0 amide bonds. The number of furan rings is 1. The third kappa shape index (κ3) is 3.36. The highest BCUT2D eigenvalue weighted by Gasteiger charge is 2.19. The van der Waals surface area contributed by atoms with Crippen LogP contribution in [0.15, 0.2) is 16.5 Å². The molecule has 0 saturated heterocycles. The van der Waals surface area contributed by atoms with Gasteiger partial charge in [0.05, 0.1) is 6.04 Å². The minimum absolute atomic E-state index is 0.272. The van der Waals surface area contributed by atoms with Crippen LogP contribution in [0, 0.1) is 12.8 Å². The Bertz CT molecular complexity index is 283. The molecule has 2 atom stereocenters. The summed E-state index contributed by atoms with van der Waals surface area (Å²) in [7, 11) is 3.70. The minimum atomic E-state index is 0.272. The van der Waals surface area contributed by atoms with Crippen LogP contribution in [0.3, 0.4) is 0 Å². The van der Waals surface area contributed by atoms with Crippen molar-refractivity contribution in [2.75, 3.05) is 20.8 Å². The lowest BCUT2D eigenvalue weighted by Crippen LogP contribution is -2.23. The molecule has 0 spiro atoms. The van der Waals surface area contributed by atoms with E-state index in [-0.39, 0.29) is 6.04 Å². The molecule has 1 heterocycles. The lowest BCUT2D eigenvalue weighted by Gasteiger charge is -2.21. The summed E-state index contributed by atoms with van der Waals surface area (Å²) in [6.07, 6.45) is 1.03. The van der Waals surface area contributed by atoms with Gasteiger partial charge in [0.25, 0.3) is 0 Å². The van der Waals surface area contributed by atoms with Gasteiger partial charge in [-0.25, -0.2) is 0 Å². The molecule has 1 rings (SSSR count). The summed E-state index contributed by atoms with van der Waals surface area (Å²) in [5, 5.41) is 3.29. The molecule has 15 heavy (non-hydrogen) atoms. The normalized spacial score (nSPS) is 15.2. The summed E-state index contributed by atoms with van der Waals surface area (Å²) in [5.41, 5.74) is 0. The van der Waals surface area contributed by atoms with Crippen molar-refractivity contribution in [2.45, 2.75) is 26.3 Å². The molecule has 1 N–H and O–H groups in total. The molecule has 86 valence electrons. The van der Waals surface area contributed by atoms with E-state index in [0.717, 1.165) is 24.5 Å². The first-order chi connectivity index (χ1) is 7.19. The van der Waals surface area contributed by atoms with Crippen LogP contribution in [-0.2, 0) is 4.74 Å². The summed E-state index contributed by atoms with van der Waals surface area (Å²) in [6.45, 7) is 4.97. The highest BCUT2D eigenvalue weighted by molar-refractivity contribution is 5.10. The van der Waals surface area contributed by atoms with E-state index < -0.39 is 0 Å². The number of nitrogens with one attached hydrogen (secondary N) is 1. The Morgan fingerprint density at radius 1 is 1.47 bits per heavy atom. The van der Waals surface area contributed by atoms with Crippen molar-refractivity contribution in [3.8, 4) is 0 Å². The third-order valence-corrected chi connectivity index (χ3v) is 2.73. The number of ether oxygens (including phenoxy) is 1. The van der Waals surface area contributed by atoms with Gasteiger partial charge in [-0.05, 0) is 38.4 Å². The van der Waals surface area contributed by atoms with Crippen LogP contribution in [0.4, 0.5) is 0 Å². The molecule has 0 aliphatic carbocycles. The molecular formula is C12H21NO2. The molecule has 3 nitrogen and oxygen atoms in total. The molecule has 0 radical (unpaired) electrons. The van der Waals surface area contributed by atoms with Crippen LogP contribution >= 0.6 is 0 Å². The number of aryl methyl sites for hydroxylation is 1. The quantitative estimate of drug-likeness (QED) is 0.785. The number of hydrogen-bond donors (Lipinski definition) is 1. The van der Waals surface area contributed by atoms with Crippen molar-refractivity contribution in [1.82, 2.24) is 5.32 Å². The maximum atomic E-state index is 5.63. The van der Waals surface area contributed by atoms with Gasteiger partial charge in [0, 0.05) is 13.7 Å². The number of rotatable bonds is 6. The van der Waals surface area contributed by atoms with E-state index in [2.05, 4.69) is 12.2 Å². The summed E-state index contributed by atoms with van der Waals surface area (Å²) < 4.78 is 10.7. The zero-order chi connectivity index (χ0) is 11.3. The standard InChI is InChI=1S/C12H21NO2/c1-9(7-8-14-4)12(13-3)11-6-5-10(2)15-11/h5-6,9,12-13H,7-8H2,1-4H3. The Morgan fingerprint density at radius 3 is 2.67 bits per heavy atom. The lowest BCUT2D eigenvalue weighted by atomic mass is 9.97. The molecule has 0 aromatic carbocycles. The molecule has 1 aromatic rings. The van der Waals surface area contributed by atoms with Crippen molar-refractivity contribution in [1.29, 1.82) is 0 Å². The van der Waals surface area contributed by atoms with Crippen molar-refractivity contribution >= 4 is 0 Å². The van der Waals surface area contributed by atoms with Gasteiger partial charge in [0.1, 0.15) is 11.5 Å². The molecule has 0 aliphatic rings. The monoisotopic (exact) mass is 211 g/mol. The van der Waals surface area contributed by atoms with Gasteiger partial charge in [-0.15, -0.1) is 0 Å². The van der Waals surface area contributed by atoms with Crippen molar-refractivity contribution in [2.24, 2.45) is 5.92 Å². The second-order valence-electron chi connectivity index (χ2n) is 3.97. The fourth-order valence-corrected chi connectivity index (χ4v) is 1.80. The van der Waals surface area contributed by atoms with Crippen LogP contribution in [0.2, 0.25) is 0 Å². The Labute approximate surface area is 91.8 Å². The van der Waals surface area contributed by atoms with E-state index in [0.29, 0.717) is 5.92 Å². The Morgan fingerprint density at radius 2 is 2.20 bits per heavy atom. The summed E-state index contributed by atoms with van der Waals surface area (Å²) in [4.78, 5) is 0. The first-order valence-corrected chi connectivity index (χ1v) is 5.41. The van der Waals surface area contributed by atoms with Crippen LogP contribution in [-0.4, -0.2) is 20.8 Å². The van der Waals surface area contributed by atoms with E-state index >= 15 is 0 Å². The van der Waals surface area contributed by atoms with Gasteiger partial charge in [-0.2, -0.15) is 0 Å². The number of methoxy groups -OCH3 is 1. The van der Waals surface area contributed by atoms with Gasteiger partial charge in [0.15, 0.2) is 0 Å². The van der Waals surface area contributed by atoms with Crippen molar-refractivity contribution < 1.29 is 9.15 Å². The molecule has 0 fully saturated rings. The molecule has 3 heteroatoms. The molecule has 1 aromatic heterocycles. The molecular weight excluding hydrogens is 190 g/mol. The fraction of sp³-hybridized carbons (Fsp3) is 0.667. The maximum Gasteiger partial charge on any atom is 0.121 e. The van der Waals surface area contributed by atoms with Crippen LogP contribution in [0.1, 0.15) is 30.9 Å². The van der Waals surface area contributed by atoms with Gasteiger partial charge < -0.3 is 14.5 Å². The first kappa shape index (κ1) is 12.3. The highest BCUT2D eigenvalue weighted by Crippen LogP contribution is 2.25. The molecule has 0 bridgehead atoms. The largest absolute Gasteiger partial charge is 0.465 e. The third-order valence-electron chi connectivity index (χ3n) is 2.73. The zero-order valence-corrected chi connectivity index (χ0v) is 10.0.